The molecule has 110 valence electrons. The number of thiophene rings is 1. The predicted octanol–water partition coefficient (Wildman–Crippen LogP) is 2.90. The van der Waals surface area contributed by atoms with E-state index >= 15 is 0 Å². The van der Waals surface area contributed by atoms with E-state index in [2.05, 4.69) is 52.9 Å². The Hall–Kier alpha value is -1.67. The third kappa shape index (κ3) is 5.31. The molecule has 0 bridgehead atoms. The lowest BCUT2D eigenvalue weighted by atomic mass is 10.2. The quantitative estimate of drug-likeness (QED) is 0.833. The highest BCUT2D eigenvalue weighted by Crippen LogP contribution is 2.18. The van der Waals surface area contributed by atoms with Gasteiger partial charge in [0, 0.05) is 36.8 Å². The maximum atomic E-state index is 8.73. The van der Waals surface area contributed by atoms with Crippen molar-refractivity contribution in [1.82, 2.24) is 9.88 Å². The van der Waals surface area contributed by atoms with Gasteiger partial charge in [0.05, 0.1) is 11.5 Å². The van der Waals surface area contributed by atoms with Gasteiger partial charge in [-0.05, 0) is 36.4 Å². The van der Waals surface area contributed by atoms with Gasteiger partial charge in [-0.25, -0.2) is 0 Å². The van der Waals surface area contributed by atoms with Crippen molar-refractivity contribution in [1.29, 1.82) is 0 Å². The summed E-state index contributed by atoms with van der Waals surface area (Å²) in [6.45, 7) is 5.18. The van der Waals surface area contributed by atoms with E-state index < -0.39 is 0 Å². The van der Waals surface area contributed by atoms with Crippen LogP contribution in [-0.2, 0) is 13.1 Å². The monoisotopic (exact) mass is 300 g/mol. The number of nitrogens with zero attached hydrogens (tertiary/aromatic N) is 2. The van der Waals surface area contributed by atoms with Crippen LogP contribution in [0.25, 0.3) is 0 Å². The highest BCUT2D eigenvalue weighted by molar-refractivity contribution is 7.12. The zero-order valence-corrected chi connectivity index (χ0v) is 13.1. The topological polar surface area (TPSA) is 36.4 Å². The highest BCUT2D eigenvalue weighted by Gasteiger charge is 2.06. The second kappa shape index (κ2) is 8.58. The lowest BCUT2D eigenvalue weighted by Crippen LogP contribution is -2.21. The first-order valence-corrected chi connectivity index (χ1v) is 7.93. The van der Waals surface area contributed by atoms with Crippen LogP contribution in [-0.4, -0.2) is 28.1 Å². The Bertz CT molecular complexity index is 598. The van der Waals surface area contributed by atoms with Crippen molar-refractivity contribution in [3.8, 4) is 11.8 Å². The van der Waals surface area contributed by atoms with Crippen LogP contribution >= 0.6 is 11.3 Å². The molecule has 0 aromatic carbocycles. The van der Waals surface area contributed by atoms with Crippen molar-refractivity contribution < 1.29 is 5.11 Å². The molecule has 2 rings (SSSR count). The summed E-state index contributed by atoms with van der Waals surface area (Å²) in [6, 6.07) is 8.32. The van der Waals surface area contributed by atoms with Crippen molar-refractivity contribution in [2.75, 3.05) is 13.2 Å². The first-order chi connectivity index (χ1) is 10.3. The Morgan fingerprint density at radius 2 is 2.00 bits per heavy atom. The number of hydrogen-bond acceptors (Lipinski definition) is 4. The molecule has 0 amide bonds. The normalized spacial score (nSPS) is 10.4. The summed E-state index contributed by atoms with van der Waals surface area (Å²) in [5.41, 5.74) is 1.28. The van der Waals surface area contributed by atoms with Gasteiger partial charge < -0.3 is 5.11 Å². The van der Waals surface area contributed by atoms with Gasteiger partial charge in [0.1, 0.15) is 0 Å². The number of aliphatic hydroxyl groups excluding tert-OH is 1. The fourth-order valence-electron chi connectivity index (χ4n) is 1.98. The average molecular weight is 300 g/mol. The summed E-state index contributed by atoms with van der Waals surface area (Å²) in [5, 5.41) is 8.73. The van der Waals surface area contributed by atoms with Crippen LogP contribution in [0.3, 0.4) is 0 Å². The first-order valence-electron chi connectivity index (χ1n) is 7.11. The van der Waals surface area contributed by atoms with E-state index in [1.807, 2.05) is 12.4 Å². The number of pyridine rings is 1. The summed E-state index contributed by atoms with van der Waals surface area (Å²) in [4.78, 5) is 8.83. The van der Waals surface area contributed by atoms with Crippen molar-refractivity contribution in [3.63, 3.8) is 0 Å². The second-order valence-corrected chi connectivity index (χ2v) is 5.87. The van der Waals surface area contributed by atoms with Crippen LogP contribution in [0.5, 0.6) is 0 Å². The van der Waals surface area contributed by atoms with E-state index in [4.69, 9.17) is 5.11 Å². The van der Waals surface area contributed by atoms with Crippen molar-refractivity contribution >= 4 is 11.3 Å². The lowest BCUT2D eigenvalue weighted by molar-refractivity contribution is 0.274. The Morgan fingerprint density at radius 1 is 1.19 bits per heavy atom. The number of aromatic nitrogens is 1. The third-order valence-corrected chi connectivity index (χ3v) is 4.08. The summed E-state index contributed by atoms with van der Waals surface area (Å²) in [7, 11) is 0. The Balaban J connectivity index is 1.94. The Kier molecular flexibility index (Phi) is 6.42. The fourth-order valence-corrected chi connectivity index (χ4v) is 2.91. The first kappa shape index (κ1) is 15.7. The van der Waals surface area contributed by atoms with Crippen LogP contribution < -0.4 is 0 Å². The van der Waals surface area contributed by atoms with Crippen LogP contribution in [0.15, 0.2) is 36.7 Å². The van der Waals surface area contributed by atoms with E-state index in [0.717, 1.165) is 24.5 Å². The van der Waals surface area contributed by atoms with E-state index in [-0.39, 0.29) is 6.61 Å². The molecule has 0 spiro atoms. The molecular formula is C17H20N2OS. The maximum Gasteiger partial charge on any atom is 0.0771 e. The van der Waals surface area contributed by atoms with Gasteiger partial charge in [-0.2, -0.15) is 0 Å². The minimum absolute atomic E-state index is 0.126. The molecule has 0 aliphatic heterocycles. The molecule has 0 radical (unpaired) electrons. The molecule has 2 heterocycles. The summed E-state index contributed by atoms with van der Waals surface area (Å²) in [6.07, 6.45) is 4.21. The van der Waals surface area contributed by atoms with Crippen molar-refractivity contribution in [3.05, 3.63) is 52.0 Å². The van der Waals surface area contributed by atoms with Gasteiger partial charge >= 0.3 is 0 Å². The fraction of sp³-hybridized carbons (Fsp3) is 0.353. The molecule has 3 nitrogen and oxygen atoms in total. The average Bonchev–Trinajstić information content (AvgIpc) is 2.95. The van der Waals surface area contributed by atoms with E-state index in [1.54, 1.807) is 11.3 Å². The molecule has 1 N–H and O–H groups in total. The van der Waals surface area contributed by atoms with Gasteiger partial charge in [-0.1, -0.05) is 18.8 Å². The molecule has 0 saturated carbocycles. The molecule has 0 aliphatic rings. The maximum absolute atomic E-state index is 8.73. The van der Waals surface area contributed by atoms with Crippen LogP contribution in [0.1, 0.15) is 28.7 Å². The van der Waals surface area contributed by atoms with Gasteiger partial charge in [0.15, 0.2) is 0 Å². The van der Waals surface area contributed by atoms with Gasteiger partial charge in [-0.3, -0.25) is 9.88 Å². The summed E-state index contributed by atoms with van der Waals surface area (Å²) in [5.74, 6) is 6.05. The lowest BCUT2D eigenvalue weighted by Gasteiger charge is -2.19. The number of hydrogen-bond donors (Lipinski definition) is 1. The zero-order chi connectivity index (χ0) is 14.9. The molecule has 4 heteroatoms. The molecule has 0 fully saturated rings. The van der Waals surface area contributed by atoms with Crippen molar-refractivity contribution in [2.45, 2.75) is 26.4 Å². The largest absolute Gasteiger partial charge is 0.395 e. The third-order valence-electron chi connectivity index (χ3n) is 3.09. The highest BCUT2D eigenvalue weighted by atomic mass is 32.1. The molecule has 0 saturated heterocycles. The molecule has 21 heavy (non-hydrogen) atoms. The Labute approximate surface area is 130 Å². The molecule has 2 aromatic heterocycles. The van der Waals surface area contributed by atoms with Crippen LogP contribution in [0.2, 0.25) is 0 Å². The van der Waals surface area contributed by atoms with E-state index in [9.17, 15) is 0 Å². The minimum atomic E-state index is 0.126. The van der Waals surface area contributed by atoms with Crippen LogP contribution in [0, 0.1) is 11.8 Å². The predicted molar refractivity (Wildman–Crippen MR) is 86.9 cm³/mol. The zero-order valence-electron chi connectivity index (χ0n) is 12.2. The van der Waals surface area contributed by atoms with Gasteiger partial charge in [-0.15, -0.1) is 11.3 Å². The summed E-state index contributed by atoms with van der Waals surface area (Å²) < 4.78 is 0. The second-order valence-electron chi connectivity index (χ2n) is 4.70. The molecule has 0 unspecified atom stereocenters. The number of rotatable bonds is 6. The summed E-state index contributed by atoms with van der Waals surface area (Å²) >= 11 is 1.73. The van der Waals surface area contributed by atoms with E-state index in [0.29, 0.717) is 6.42 Å². The minimum Gasteiger partial charge on any atom is -0.395 e. The smallest absolute Gasteiger partial charge is 0.0771 e. The molecule has 0 aliphatic carbocycles. The Morgan fingerprint density at radius 3 is 2.71 bits per heavy atom. The van der Waals surface area contributed by atoms with Crippen molar-refractivity contribution in [2.24, 2.45) is 0 Å². The van der Waals surface area contributed by atoms with Gasteiger partial charge in [0.25, 0.3) is 0 Å². The molecular weight excluding hydrogens is 280 g/mol. The van der Waals surface area contributed by atoms with Gasteiger partial charge in [0.2, 0.25) is 0 Å². The van der Waals surface area contributed by atoms with E-state index in [1.165, 1.54) is 10.4 Å². The standard InChI is InChI=1S/C17H20N2OS/c1-2-19(13-15-8-10-18-11-9-15)14-17-7-6-16(21-17)5-3-4-12-20/h6-11,20H,2,4,12-14H2,1H3. The molecule has 0 atom stereocenters. The van der Waals surface area contributed by atoms with Crippen LogP contribution in [0.4, 0.5) is 0 Å². The molecule has 2 aromatic rings. The SMILES string of the molecule is CCN(Cc1ccncc1)Cc1ccc(C#CCCO)s1. The number of aliphatic hydroxyl groups is 1.